The summed E-state index contributed by atoms with van der Waals surface area (Å²) >= 11 is 0. The summed E-state index contributed by atoms with van der Waals surface area (Å²) in [6, 6.07) is 12.8. The molecule has 6 nitrogen and oxygen atoms in total. The highest BCUT2D eigenvalue weighted by molar-refractivity contribution is 5.89. The van der Waals surface area contributed by atoms with E-state index >= 15 is 0 Å². The Kier molecular flexibility index (Phi) is 6.62. The number of benzene rings is 2. The number of amides is 2. The third-order valence-corrected chi connectivity index (χ3v) is 4.55. The zero-order chi connectivity index (χ0) is 19.9. The number of anilines is 1. The number of aliphatic hydroxyl groups is 1. The van der Waals surface area contributed by atoms with E-state index in [0.717, 1.165) is 18.5 Å². The first-order valence-electron chi connectivity index (χ1n) is 9.15. The number of halogens is 1. The molecule has 1 aliphatic heterocycles. The van der Waals surface area contributed by atoms with Crippen molar-refractivity contribution in [1.82, 2.24) is 4.90 Å². The molecule has 0 saturated heterocycles. The molecule has 0 aliphatic carbocycles. The normalized spacial score (nSPS) is 15.6. The van der Waals surface area contributed by atoms with Crippen LogP contribution < -0.4 is 15.8 Å². The molecule has 0 aromatic heterocycles. The second kappa shape index (κ2) is 9.34. The molecule has 0 spiro atoms. The van der Waals surface area contributed by atoms with Gasteiger partial charge < -0.3 is 20.9 Å². The summed E-state index contributed by atoms with van der Waals surface area (Å²) in [6.45, 7) is 2.09. The molecule has 2 aromatic rings. The Labute approximate surface area is 163 Å². The zero-order valence-electron chi connectivity index (χ0n) is 15.5. The van der Waals surface area contributed by atoms with E-state index in [-0.39, 0.29) is 12.4 Å². The number of aliphatic hydroxyl groups excluding tert-OH is 1. The highest BCUT2D eigenvalue weighted by atomic mass is 19.1. The maximum absolute atomic E-state index is 13.0. The molecule has 1 heterocycles. The van der Waals surface area contributed by atoms with Gasteiger partial charge in [0.25, 0.3) is 0 Å². The monoisotopic (exact) mass is 385 g/mol. The number of nitrogens with zero attached hydrogens (tertiary/aromatic N) is 1. The zero-order valence-corrected chi connectivity index (χ0v) is 15.5. The van der Waals surface area contributed by atoms with E-state index in [2.05, 4.69) is 16.3 Å². The number of carbonyl (C=O) groups excluding carboxylic acids is 1. The number of primary amides is 1. The third-order valence-electron chi connectivity index (χ3n) is 4.55. The van der Waals surface area contributed by atoms with E-state index in [9.17, 15) is 14.3 Å². The van der Waals surface area contributed by atoms with Crippen molar-refractivity contribution in [3.8, 4) is 5.75 Å². The number of hydrogen-bond acceptors (Lipinski definition) is 4. The van der Waals surface area contributed by atoms with Gasteiger partial charge >= 0.3 is 6.03 Å². The fourth-order valence-electron chi connectivity index (χ4n) is 3.17. The van der Waals surface area contributed by atoms with Crippen LogP contribution >= 0.6 is 0 Å². The van der Waals surface area contributed by atoms with Crippen LogP contribution in [0, 0.1) is 5.82 Å². The van der Waals surface area contributed by atoms with Crippen LogP contribution in [0.15, 0.2) is 54.6 Å². The van der Waals surface area contributed by atoms with Crippen LogP contribution in [-0.2, 0) is 0 Å². The Hall–Kier alpha value is -2.90. The molecule has 0 fully saturated rings. The minimum absolute atomic E-state index is 0.0997. The first-order valence-corrected chi connectivity index (χ1v) is 9.15. The molecule has 2 aromatic carbocycles. The van der Waals surface area contributed by atoms with Crippen LogP contribution in [0.2, 0.25) is 0 Å². The topological polar surface area (TPSA) is 87.8 Å². The molecular formula is C21H24FN3O3. The average molecular weight is 385 g/mol. The lowest BCUT2D eigenvalue weighted by Gasteiger charge is -2.28. The van der Waals surface area contributed by atoms with Crippen molar-refractivity contribution >= 4 is 17.3 Å². The first kappa shape index (κ1) is 19.9. The summed E-state index contributed by atoms with van der Waals surface area (Å²) in [4.78, 5) is 13.2. The SMILES string of the molecule is NC(=O)Nc1ccccc1OCC(O)CN1CC=C(c2ccc(F)cc2)CC1. The summed E-state index contributed by atoms with van der Waals surface area (Å²) in [5.41, 5.74) is 7.83. The smallest absolute Gasteiger partial charge is 0.316 e. The van der Waals surface area contributed by atoms with Crippen LogP contribution in [-0.4, -0.2) is 48.4 Å². The number of β-amino-alcohol motifs (C(OH)–C–C–N with tert-alkyl or cyclic N) is 1. The Morgan fingerprint density at radius 2 is 2.00 bits per heavy atom. The Morgan fingerprint density at radius 1 is 1.25 bits per heavy atom. The Bertz CT molecular complexity index is 839. The van der Waals surface area contributed by atoms with Crippen LogP contribution in [0.5, 0.6) is 5.75 Å². The average Bonchev–Trinajstić information content (AvgIpc) is 2.68. The van der Waals surface area contributed by atoms with Gasteiger partial charge in [0, 0.05) is 19.6 Å². The molecule has 0 saturated carbocycles. The van der Waals surface area contributed by atoms with Gasteiger partial charge in [0.1, 0.15) is 24.3 Å². The van der Waals surface area contributed by atoms with Gasteiger partial charge in [-0.05, 0) is 41.8 Å². The van der Waals surface area contributed by atoms with Crippen LogP contribution in [0.4, 0.5) is 14.9 Å². The first-order chi connectivity index (χ1) is 13.5. The molecule has 0 radical (unpaired) electrons. The van der Waals surface area contributed by atoms with Crippen molar-refractivity contribution in [3.05, 3.63) is 66.0 Å². The summed E-state index contributed by atoms with van der Waals surface area (Å²) in [5.74, 6) is 0.218. The van der Waals surface area contributed by atoms with Crippen LogP contribution in [0.1, 0.15) is 12.0 Å². The largest absolute Gasteiger partial charge is 0.489 e. The summed E-state index contributed by atoms with van der Waals surface area (Å²) in [5, 5.41) is 12.8. The van der Waals surface area contributed by atoms with Gasteiger partial charge in [-0.1, -0.05) is 30.3 Å². The molecular weight excluding hydrogens is 361 g/mol. The summed E-state index contributed by atoms with van der Waals surface area (Å²) < 4.78 is 18.7. The summed E-state index contributed by atoms with van der Waals surface area (Å²) in [6.07, 6.45) is 2.27. The molecule has 1 aliphatic rings. The Morgan fingerprint density at radius 3 is 2.68 bits per heavy atom. The number of nitrogens with two attached hydrogens (primary N) is 1. The number of nitrogens with one attached hydrogen (secondary N) is 1. The maximum atomic E-state index is 13.0. The minimum atomic E-state index is -0.678. The number of rotatable bonds is 7. The lowest BCUT2D eigenvalue weighted by atomic mass is 9.99. The third kappa shape index (κ3) is 5.55. The van der Waals surface area contributed by atoms with E-state index in [1.54, 1.807) is 36.4 Å². The maximum Gasteiger partial charge on any atom is 0.316 e. The highest BCUT2D eigenvalue weighted by Crippen LogP contribution is 2.24. The standard InChI is InChI=1S/C21H24FN3O3/c22-17-7-5-15(6-8-17)16-9-11-25(12-10-16)13-18(26)14-28-20-4-2-1-3-19(20)24-21(23)27/h1-9,18,26H,10-14H2,(H3,23,24,27). The van der Waals surface area contributed by atoms with Gasteiger partial charge in [0.15, 0.2) is 0 Å². The van der Waals surface area contributed by atoms with Crippen molar-refractivity contribution in [1.29, 1.82) is 0 Å². The lowest BCUT2D eigenvalue weighted by molar-refractivity contribution is 0.0719. The van der Waals surface area contributed by atoms with Gasteiger partial charge in [-0.2, -0.15) is 0 Å². The molecule has 28 heavy (non-hydrogen) atoms. The number of hydrogen-bond donors (Lipinski definition) is 3. The Balaban J connectivity index is 1.49. The molecule has 0 bridgehead atoms. The van der Waals surface area contributed by atoms with E-state index in [4.69, 9.17) is 10.5 Å². The summed E-state index contributed by atoms with van der Waals surface area (Å²) in [7, 11) is 0. The van der Waals surface area contributed by atoms with Crippen molar-refractivity contribution in [2.75, 3.05) is 31.6 Å². The lowest BCUT2D eigenvalue weighted by Crippen LogP contribution is -2.38. The van der Waals surface area contributed by atoms with Gasteiger partial charge in [-0.15, -0.1) is 0 Å². The second-order valence-corrected chi connectivity index (χ2v) is 6.70. The van der Waals surface area contributed by atoms with Crippen molar-refractivity contribution in [2.45, 2.75) is 12.5 Å². The minimum Gasteiger partial charge on any atom is -0.489 e. The van der Waals surface area contributed by atoms with Crippen LogP contribution in [0.3, 0.4) is 0 Å². The molecule has 3 rings (SSSR count). The highest BCUT2D eigenvalue weighted by Gasteiger charge is 2.17. The number of para-hydroxylation sites is 2. The van der Waals surface area contributed by atoms with Crippen molar-refractivity contribution in [2.24, 2.45) is 5.73 Å². The molecule has 4 N–H and O–H groups in total. The van der Waals surface area contributed by atoms with E-state index in [0.29, 0.717) is 24.5 Å². The molecule has 2 amide bonds. The van der Waals surface area contributed by atoms with Crippen molar-refractivity contribution in [3.63, 3.8) is 0 Å². The molecule has 7 heteroatoms. The van der Waals surface area contributed by atoms with Crippen molar-refractivity contribution < 1.29 is 19.0 Å². The number of urea groups is 1. The molecule has 1 atom stereocenters. The van der Waals surface area contributed by atoms with Gasteiger partial charge in [0.2, 0.25) is 0 Å². The fraction of sp³-hybridized carbons (Fsp3) is 0.286. The molecule has 148 valence electrons. The quantitative estimate of drug-likeness (QED) is 0.684. The predicted octanol–water partition coefficient (Wildman–Crippen LogP) is 2.85. The predicted molar refractivity (Wildman–Crippen MR) is 107 cm³/mol. The van der Waals surface area contributed by atoms with Crippen LogP contribution in [0.25, 0.3) is 5.57 Å². The number of ether oxygens (including phenoxy) is 1. The fourth-order valence-corrected chi connectivity index (χ4v) is 3.17. The van der Waals surface area contributed by atoms with E-state index in [1.165, 1.54) is 17.7 Å². The molecule has 1 unspecified atom stereocenters. The van der Waals surface area contributed by atoms with Gasteiger partial charge in [-0.25, -0.2) is 9.18 Å². The van der Waals surface area contributed by atoms with Gasteiger partial charge in [0.05, 0.1) is 5.69 Å². The number of carbonyl (C=O) groups is 1. The van der Waals surface area contributed by atoms with Gasteiger partial charge in [-0.3, -0.25) is 4.90 Å². The van der Waals surface area contributed by atoms with E-state index < -0.39 is 12.1 Å². The van der Waals surface area contributed by atoms with E-state index in [1.807, 2.05) is 0 Å². The second-order valence-electron chi connectivity index (χ2n) is 6.70.